The van der Waals surface area contributed by atoms with E-state index >= 15 is 0 Å². The van der Waals surface area contributed by atoms with Gasteiger partial charge in [-0.05, 0) is 0 Å². The second-order valence-electron chi connectivity index (χ2n) is 0.998. The number of nitrogens with zero attached hydrogens (tertiary/aromatic N) is 1. The van der Waals surface area contributed by atoms with Crippen molar-refractivity contribution in [2.24, 2.45) is 4.99 Å². The van der Waals surface area contributed by atoms with Gasteiger partial charge < -0.3 is 16.0 Å². The molecule has 0 amide bonds. The molecule has 0 rings (SSSR count). The van der Waals surface area contributed by atoms with Gasteiger partial charge in [0.25, 0.3) is 0 Å². The van der Waals surface area contributed by atoms with Crippen molar-refractivity contribution < 1.29 is 43.8 Å². The standard InChI is InChI=1S/C4H7ClN.C2H3O.4CO.Re/c1-2-6-4-3-5;1-2-3;4*1-2;/h3-4H2,1H3;1H3;;;;;/q2*-1;;;;;. The molecule has 8 heteroatoms. The van der Waals surface area contributed by atoms with E-state index in [9.17, 15) is 0 Å². The maximum Gasteiger partial charge on any atom is 0 e. The molecule has 0 fully saturated rings. The Bertz CT molecular complexity index is 177. The van der Waals surface area contributed by atoms with Gasteiger partial charge in [-0.1, -0.05) is 0 Å². The summed E-state index contributed by atoms with van der Waals surface area (Å²) in [5.41, 5.74) is 0. The average molecular weight is 446 g/mol. The van der Waals surface area contributed by atoms with Crippen LogP contribution in [0.4, 0.5) is 0 Å². The van der Waals surface area contributed by atoms with Crippen molar-refractivity contribution in [3.63, 3.8) is 0 Å². The normalized spacial score (nSPS) is 4.61. The molecule has 0 aromatic rings. The fraction of sp³-hybridized carbons (Fsp3) is 0.400. The van der Waals surface area contributed by atoms with Gasteiger partial charge in [-0.3, -0.25) is 6.29 Å². The topological polar surface area (TPSA) is 109 Å². The predicted molar refractivity (Wildman–Crippen MR) is 55.8 cm³/mol. The van der Waals surface area contributed by atoms with Crippen molar-refractivity contribution in [1.82, 2.24) is 0 Å². The van der Waals surface area contributed by atoms with Crippen LogP contribution in [0.3, 0.4) is 0 Å². The van der Waals surface area contributed by atoms with E-state index in [1.54, 1.807) is 6.92 Å². The third-order valence-corrected chi connectivity index (χ3v) is 0.523. The molecular weight excluding hydrogens is 436 g/mol. The molecule has 0 aliphatic heterocycles. The van der Waals surface area contributed by atoms with Crippen LogP contribution in [-0.4, -0.2) is 24.9 Å². The van der Waals surface area contributed by atoms with E-state index in [0.29, 0.717) is 12.4 Å². The molecule has 18 heavy (non-hydrogen) atoms. The predicted octanol–water partition coefficient (Wildman–Crippen LogP) is 1.16. The van der Waals surface area contributed by atoms with E-state index < -0.39 is 0 Å². The first kappa shape index (κ1) is 43.4. The quantitative estimate of drug-likeness (QED) is 0.270. The Balaban J connectivity index is -0.0000000176. The smallest absolute Gasteiger partial charge is 0 e. The molecular formula is C10H10ClNO5Re-2. The second-order valence-corrected chi connectivity index (χ2v) is 1.38. The van der Waals surface area contributed by atoms with Gasteiger partial charge in [-0.25, -0.2) is 0 Å². The molecule has 0 N–H and O–H groups in total. The first-order chi connectivity index (χ1) is 8.33. The van der Waals surface area contributed by atoms with Crippen LogP contribution in [0.25, 0.3) is 0 Å². The summed E-state index contributed by atoms with van der Waals surface area (Å²) in [5, 5.41) is 0. The fourth-order valence-corrected chi connectivity index (χ4v) is 0.239. The van der Waals surface area contributed by atoms with Gasteiger partial charge in [0.15, 0.2) is 0 Å². The number of hydrogen-bond donors (Lipinski definition) is 0. The third kappa shape index (κ3) is 611. The summed E-state index contributed by atoms with van der Waals surface area (Å²) in [6, 6.07) is 0. The number of aliphatic imine (C=N–C) groups is 1. The van der Waals surface area contributed by atoms with E-state index in [2.05, 4.69) is 37.8 Å². The Morgan fingerprint density at radius 3 is 1.28 bits per heavy atom. The van der Waals surface area contributed by atoms with E-state index in [-0.39, 0.29) is 20.4 Å². The van der Waals surface area contributed by atoms with Gasteiger partial charge in [-0.15, -0.1) is 11.6 Å². The van der Waals surface area contributed by atoms with Crippen LogP contribution in [0, 0.1) is 26.6 Å². The minimum Gasteiger partial charge on any atom is 0 e. The molecule has 0 bridgehead atoms. The van der Waals surface area contributed by atoms with Crippen molar-refractivity contribution in [3.8, 4) is 0 Å². The van der Waals surface area contributed by atoms with Crippen molar-refractivity contribution >= 4 is 24.1 Å². The molecule has 0 unspecified atom stereocenters. The number of hydrogen-bond acceptors (Lipinski definition) is 2. The van der Waals surface area contributed by atoms with Gasteiger partial charge in [0.1, 0.15) is 0 Å². The summed E-state index contributed by atoms with van der Waals surface area (Å²) in [4.78, 5) is 12.4. The molecule has 0 saturated heterocycles. The van der Waals surface area contributed by atoms with Crippen molar-refractivity contribution in [2.45, 2.75) is 13.8 Å². The Morgan fingerprint density at radius 1 is 1.00 bits per heavy atom. The largest absolute Gasteiger partial charge is 0 e. The van der Waals surface area contributed by atoms with Gasteiger partial charge in [0.2, 0.25) is 0 Å². The van der Waals surface area contributed by atoms with Gasteiger partial charge in [0.05, 0.1) is 0 Å². The molecule has 0 aliphatic carbocycles. The summed E-state index contributed by atoms with van der Waals surface area (Å²) in [6.45, 7) is 21.8. The molecule has 0 heterocycles. The van der Waals surface area contributed by atoms with E-state index in [1.807, 2.05) is 0 Å². The molecule has 6 nitrogen and oxygen atoms in total. The number of rotatable bonds is 2. The summed E-state index contributed by atoms with van der Waals surface area (Å²) in [5.74, 6) is 0.598. The molecule has 0 aliphatic rings. The van der Waals surface area contributed by atoms with Crippen LogP contribution in [0.1, 0.15) is 13.8 Å². The van der Waals surface area contributed by atoms with Crippen molar-refractivity contribution in [2.75, 3.05) is 12.4 Å². The SMILES string of the molecule is C[C-]=NCCCl.C[C-]=O.[C-]#[O+].[C-]#[O+].[C-]#[O+].[C-]#[O+].[Re]. The van der Waals surface area contributed by atoms with E-state index in [1.165, 1.54) is 13.2 Å². The van der Waals surface area contributed by atoms with E-state index in [4.69, 9.17) is 35.0 Å². The first-order valence-corrected chi connectivity index (χ1v) is 3.86. The van der Waals surface area contributed by atoms with Crippen LogP contribution >= 0.6 is 11.6 Å². The molecule has 0 aromatic heterocycles. The summed E-state index contributed by atoms with van der Waals surface area (Å²) in [7, 11) is 0. The van der Waals surface area contributed by atoms with E-state index in [0.717, 1.165) is 0 Å². The molecule has 101 valence electrons. The Kier molecular flexibility index (Phi) is 504. The minimum atomic E-state index is 0. The monoisotopic (exact) mass is 446 g/mol. The van der Waals surface area contributed by atoms with Crippen LogP contribution in [0.15, 0.2) is 4.99 Å². The van der Waals surface area contributed by atoms with Crippen molar-refractivity contribution in [1.29, 1.82) is 0 Å². The van der Waals surface area contributed by atoms with Crippen LogP contribution < -0.4 is 0 Å². The number of alkyl halides is 1. The van der Waals surface area contributed by atoms with Gasteiger partial charge in [0, 0.05) is 32.8 Å². The molecule has 0 saturated carbocycles. The molecule has 0 spiro atoms. The summed E-state index contributed by atoms with van der Waals surface area (Å²) >= 11 is 5.25. The Morgan fingerprint density at radius 2 is 1.22 bits per heavy atom. The maximum atomic E-state index is 8.68. The molecule has 1 radical (unpaired) electrons. The minimum absolute atomic E-state index is 0. The maximum absolute atomic E-state index is 8.68. The summed E-state index contributed by atoms with van der Waals surface area (Å²) < 4.78 is 30.0. The second kappa shape index (κ2) is 209. The van der Waals surface area contributed by atoms with Crippen LogP contribution in [0.2, 0.25) is 0 Å². The average Bonchev–Trinajstić information content (AvgIpc) is 2.46. The third-order valence-electron chi connectivity index (χ3n) is 0.354. The first-order valence-electron chi connectivity index (χ1n) is 3.33. The van der Waals surface area contributed by atoms with Crippen LogP contribution in [0.5, 0.6) is 0 Å². The zero-order valence-corrected chi connectivity index (χ0v) is 13.1. The molecule has 0 aromatic carbocycles. The van der Waals surface area contributed by atoms with Gasteiger partial charge >= 0.3 is 45.2 Å². The fourth-order valence-electron chi connectivity index (χ4n) is 0.154. The zero-order chi connectivity index (χ0) is 15.5. The van der Waals surface area contributed by atoms with Crippen molar-refractivity contribution in [3.05, 3.63) is 26.6 Å². The molecule has 0 atom stereocenters. The number of halogens is 1. The Hall–Kier alpha value is -0.748. The Labute approximate surface area is 126 Å². The van der Waals surface area contributed by atoms with Gasteiger partial charge in [-0.2, -0.15) is 13.8 Å². The number of carbonyl (C=O) groups excluding carboxylic acids is 1. The summed E-state index contributed by atoms with van der Waals surface area (Å²) in [6.07, 6.45) is 4.11. The van der Waals surface area contributed by atoms with Crippen LogP contribution in [-0.2, 0) is 43.8 Å². The zero-order valence-electron chi connectivity index (χ0n) is 9.66.